The van der Waals surface area contributed by atoms with Gasteiger partial charge in [-0.2, -0.15) is 0 Å². The summed E-state index contributed by atoms with van der Waals surface area (Å²) in [6.07, 6.45) is 1.07. The summed E-state index contributed by atoms with van der Waals surface area (Å²) in [5.41, 5.74) is 7.96. The molecule has 3 aromatic rings. The highest BCUT2D eigenvalue weighted by Crippen LogP contribution is 2.15. The first-order chi connectivity index (χ1) is 15.9. The zero-order chi connectivity index (χ0) is 24.5. The van der Waals surface area contributed by atoms with E-state index >= 15 is 0 Å². The molecule has 1 fully saturated rings. The second-order valence-electron chi connectivity index (χ2n) is 7.36. The van der Waals surface area contributed by atoms with E-state index in [4.69, 9.17) is 10.5 Å². The molecule has 1 aliphatic rings. The zero-order valence-electron chi connectivity index (χ0n) is 20.6. The van der Waals surface area contributed by atoms with E-state index in [9.17, 15) is 4.79 Å². The van der Waals surface area contributed by atoms with Crippen molar-refractivity contribution in [1.29, 1.82) is 0 Å². The van der Waals surface area contributed by atoms with E-state index < -0.39 is 0 Å². The summed E-state index contributed by atoms with van der Waals surface area (Å²) < 4.78 is 10.8. The molecule has 0 spiro atoms. The maximum atomic E-state index is 12.0. The third-order valence-electron chi connectivity index (χ3n) is 4.53. The van der Waals surface area contributed by atoms with Gasteiger partial charge in [-0.15, -0.1) is 0 Å². The molecule has 2 heterocycles. The average molecular weight is 458 g/mol. The number of nitrogen functional groups attached to an aromatic ring is 1. The molecule has 0 saturated carbocycles. The number of nitrogens with one attached hydrogen (secondary N) is 2. The lowest BCUT2D eigenvalue weighted by Gasteiger charge is -2.10. The van der Waals surface area contributed by atoms with Crippen LogP contribution >= 0.6 is 0 Å². The van der Waals surface area contributed by atoms with Crippen molar-refractivity contribution in [3.63, 3.8) is 0 Å². The number of nitrogens with two attached hydrogens (primary N) is 1. The number of hydrogen-bond donors (Lipinski definition) is 3. The summed E-state index contributed by atoms with van der Waals surface area (Å²) >= 11 is 0. The number of benzene rings is 2. The van der Waals surface area contributed by atoms with Crippen LogP contribution in [0.2, 0.25) is 0 Å². The molecule has 2 aromatic carbocycles. The molecule has 0 unspecified atom stereocenters. The van der Waals surface area contributed by atoms with Crippen molar-refractivity contribution in [3.05, 3.63) is 64.7 Å². The van der Waals surface area contributed by atoms with Gasteiger partial charge < -0.3 is 25.8 Å². The van der Waals surface area contributed by atoms with Gasteiger partial charge in [0, 0.05) is 52.3 Å². The van der Waals surface area contributed by atoms with Crippen molar-refractivity contribution in [2.45, 2.75) is 20.3 Å². The van der Waals surface area contributed by atoms with Gasteiger partial charge in [0.1, 0.15) is 5.82 Å². The van der Waals surface area contributed by atoms with Gasteiger partial charge in [-0.3, -0.25) is 9.36 Å². The first-order valence-corrected chi connectivity index (χ1v) is 11.1. The van der Waals surface area contributed by atoms with E-state index in [2.05, 4.69) is 27.3 Å². The predicted octanol–water partition coefficient (Wildman–Crippen LogP) is 3.20. The van der Waals surface area contributed by atoms with Gasteiger partial charge in [0.15, 0.2) is 0 Å². The molecule has 1 aromatic heterocycles. The number of hydrogen-bond acceptors (Lipinski definition) is 7. The Morgan fingerprint density at radius 3 is 2.24 bits per heavy atom. The van der Waals surface area contributed by atoms with E-state index in [1.807, 2.05) is 55.5 Å². The quantitative estimate of drug-likeness (QED) is 0.519. The van der Waals surface area contributed by atoms with Gasteiger partial charge in [0.2, 0.25) is 0 Å². The minimum atomic E-state index is 0.00883. The highest BCUT2D eigenvalue weighted by Gasteiger charge is 2.05. The fraction of sp³-hybridized carbons (Fsp3) is 0.440. The summed E-state index contributed by atoms with van der Waals surface area (Å²) in [4.78, 5) is 16.4. The Kier molecular flexibility index (Phi) is 14.2. The van der Waals surface area contributed by atoms with Gasteiger partial charge in [0.05, 0.1) is 24.1 Å². The molecule has 0 amide bonds. The molecule has 182 valence electrons. The van der Waals surface area contributed by atoms with Crippen molar-refractivity contribution in [1.82, 2.24) is 14.9 Å². The Labute approximate surface area is 197 Å². The lowest BCUT2D eigenvalue weighted by Crippen LogP contribution is -2.30. The largest absolute Gasteiger partial charge is 0.399 e. The smallest absolute Gasteiger partial charge is 0.261 e. The van der Waals surface area contributed by atoms with Crippen LogP contribution in [0, 0.1) is 6.92 Å². The van der Waals surface area contributed by atoms with Crippen molar-refractivity contribution >= 4 is 22.3 Å². The van der Waals surface area contributed by atoms with Crippen LogP contribution in [0.25, 0.3) is 10.9 Å². The molecule has 0 bridgehead atoms. The molecular formula is C25H39N5O3. The third-order valence-corrected chi connectivity index (χ3v) is 4.53. The number of nitrogens with zero attached hydrogens (tertiary/aromatic N) is 2. The molecule has 8 heteroatoms. The first-order valence-electron chi connectivity index (χ1n) is 11.1. The van der Waals surface area contributed by atoms with Crippen LogP contribution in [0.15, 0.2) is 53.3 Å². The van der Waals surface area contributed by atoms with Crippen molar-refractivity contribution in [2.75, 3.05) is 58.1 Å². The van der Waals surface area contributed by atoms with Crippen LogP contribution in [0.3, 0.4) is 0 Å². The topological polar surface area (TPSA) is 103 Å². The van der Waals surface area contributed by atoms with Crippen LogP contribution in [-0.2, 0) is 16.5 Å². The Morgan fingerprint density at radius 1 is 1.15 bits per heavy atom. The number of methoxy groups -OCH3 is 1. The van der Waals surface area contributed by atoms with Crippen molar-refractivity contribution in [3.8, 4) is 0 Å². The number of morpholine rings is 1. The standard InChI is InChI=1S/C13H17N3O.C6H7N.C4H9NO.C2H6O/c1-4-7-14-10-5-6-11-12(8-10)15-9(2)16(3)13(11)17;7-6-4-2-1-3-5-6;1-3-6-4-2-5-1;1-3-2/h5-6,8,14H,4,7H2,1-3H3;1-5H,7H2;5H,1-4H2;1-2H3. The fourth-order valence-electron chi connectivity index (χ4n) is 2.73. The van der Waals surface area contributed by atoms with E-state index in [1.54, 1.807) is 25.8 Å². The molecular weight excluding hydrogens is 418 g/mol. The van der Waals surface area contributed by atoms with Gasteiger partial charge in [0.25, 0.3) is 5.56 Å². The molecule has 33 heavy (non-hydrogen) atoms. The molecule has 1 aliphatic heterocycles. The summed E-state index contributed by atoms with van der Waals surface area (Å²) in [5, 5.41) is 7.12. The lowest BCUT2D eigenvalue weighted by atomic mass is 10.2. The van der Waals surface area contributed by atoms with Crippen molar-refractivity contribution in [2.24, 2.45) is 7.05 Å². The van der Waals surface area contributed by atoms with Crippen molar-refractivity contribution < 1.29 is 9.47 Å². The van der Waals surface area contributed by atoms with E-state index in [0.29, 0.717) is 5.39 Å². The number of para-hydroxylation sites is 1. The van der Waals surface area contributed by atoms with Crippen LogP contribution < -0.4 is 21.9 Å². The Bertz CT molecular complexity index is 961. The van der Waals surface area contributed by atoms with E-state index in [1.165, 1.54) is 0 Å². The summed E-state index contributed by atoms with van der Waals surface area (Å²) in [7, 11) is 4.99. The lowest BCUT2D eigenvalue weighted by molar-refractivity contribution is 0.109. The number of fused-ring (bicyclic) bond motifs is 1. The minimum absolute atomic E-state index is 0.00883. The number of rotatable bonds is 3. The fourth-order valence-corrected chi connectivity index (χ4v) is 2.73. The number of ether oxygens (including phenoxy) is 2. The minimum Gasteiger partial charge on any atom is -0.399 e. The van der Waals surface area contributed by atoms with Gasteiger partial charge in [-0.25, -0.2) is 4.98 Å². The van der Waals surface area contributed by atoms with Crippen LogP contribution in [0.5, 0.6) is 0 Å². The molecule has 8 nitrogen and oxygen atoms in total. The SMILES string of the molecule is C1COCCN1.CCCNc1ccc2c(=O)n(C)c(C)nc2c1.COC.Nc1ccccc1. The maximum Gasteiger partial charge on any atom is 0.261 e. The Hall–Kier alpha value is -2.94. The number of anilines is 2. The monoisotopic (exact) mass is 457 g/mol. The second kappa shape index (κ2) is 16.7. The molecule has 0 atom stereocenters. The Morgan fingerprint density at radius 2 is 1.79 bits per heavy atom. The molecule has 4 rings (SSSR count). The molecule has 0 aliphatic carbocycles. The van der Waals surface area contributed by atoms with Crippen LogP contribution in [0.1, 0.15) is 19.2 Å². The summed E-state index contributed by atoms with van der Waals surface area (Å²) in [5.74, 6) is 0.732. The third kappa shape index (κ3) is 11.0. The summed E-state index contributed by atoms with van der Waals surface area (Å²) in [6.45, 7) is 8.72. The molecule has 4 N–H and O–H groups in total. The van der Waals surface area contributed by atoms with Gasteiger partial charge in [-0.05, 0) is 43.7 Å². The Balaban J connectivity index is 0.000000278. The van der Waals surface area contributed by atoms with Gasteiger partial charge >= 0.3 is 0 Å². The number of aryl methyl sites for hydroxylation is 1. The molecule has 1 saturated heterocycles. The second-order valence-corrected chi connectivity index (χ2v) is 7.36. The highest BCUT2D eigenvalue weighted by atomic mass is 16.5. The van der Waals surface area contributed by atoms with Crippen LogP contribution in [0.4, 0.5) is 11.4 Å². The number of aromatic nitrogens is 2. The first kappa shape index (κ1) is 28.1. The van der Waals surface area contributed by atoms with Gasteiger partial charge in [-0.1, -0.05) is 25.1 Å². The zero-order valence-corrected chi connectivity index (χ0v) is 20.6. The molecule has 0 radical (unpaired) electrons. The van der Waals surface area contributed by atoms with E-state index in [0.717, 1.165) is 62.0 Å². The van der Waals surface area contributed by atoms with Crippen LogP contribution in [-0.4, -0.2) is 56.6 Å². The maximum absolute atomic E-state index is 12.0. The summed E-state index contributed by atoms with van der Waals surface area (Å²) in [6, 6.07) is 15.2. The predicted molar refractivity (Wildman–Crippen MR) is 138 cm³/mol. The normalized spacial score (nSPS) is 12.3. The van der Waals surface area contributed by atoms with E-state index in [-0.39, 0.29) is 5.56 Å². The highest BCUT2D eigenvalue weighted by molar-refractivity contribution is 5.81. The average Bonchev–Trinajstić information content (AvgIpc) is 2.84.